The van der Waals surface area contributed by atoms with E-state index in [0.29, 0.717) is 5.69 Å². The van der Waals surface area contributed by atoms with Crippen molar-refractivity contribution in [2.45, 2.75) is 24.4 Å². The lowest BCUT2D eigenvalue weighted by atomic mass is 10.1. The van der Waals surface area contributed by atoms with Crippen LogP contribution in [0.25, 0.3) is 0 Å². The fraction of sp³-hybridized carbons (Fsp3) is 0.533. The first kappa shape index (κ1) is 19.5. The van der Waals surface area contributed by atoms with Crippen molar-refractivity contribution in [3.63, 3.8) is 0 Å². The molecule has 0 fully saturated rings. The fourth-order valence-electron chi connectivity index (χ4n) is 1.88. The lowest BCUT2D eigenvalue weighted by Crippen LogP contribution is -2.40. The van der Waals surface area contributed by atoms with Gasteiger partial charge in [0.2, 0.25) is 10.0 Å². The number of nitrogens with zero attached hydrogens (tertiary/aromatic N) is 2. The molecule has 0 aliphatic carbocycles. The molecule has 0 saturated carbocycles. The van der Waals surface area contributed by atoms with Gasteiger partial charge in [0, 0.05) is 33.4 Å². The van der Waals surface area contributed by atoms with Gasteiger partial charge in [-0.1, -0.05) is 0 Å². The number of ether oxygens (including phenoxy) is 1. The van der Waals surface area contributed by atoms with Crippen LogP contribution in [0.15, 0.2) is 29.2 Å². The smallest absolute Gasteiger partial charge is 0.263 e. The van der Waals surface area contributed by atoms with Crippen LogP contribution >= 0.6 is 0 Å². The van der Waals surface area contributed by atoms with Crippen molar-refractivity contribution in [1.82, 2.24) is 4.31 Å². The van der Waals surface area contributed by atoms with Crippen LogP contribution in [-0.4, -0.2) is 58.7 Å². The lowest BCUT2D eigenvalue weighted by Gasteiger charge is -2.23. The summed E-state index contributed by atoms with van der Waals surface area (Å²) in [4.78, 5) is 13.1. The first-order chi connectivity index (χ1) is 10.5. The van der Waals surface area contributed by atoms with E-state index in [-0.39, 0.29) is 18.0 Å². The zero-order valence-corrected chi connectivity index (χ0v) is 14.9. The van der Waals surface area contributed by atoms with Gasteiger partial charge in [-0.15, -0.1) is 0 Å². The lowest BCUT2D eigenvalue weighted by molar-refractivity contribution is -0.127. The third kappa shape index (κ3) is 4.73. The van der Waals surface area contributed by atoms with Crippen molar-refractivity contribution in [3.05, 3.63) is 24.3 Å². The highest BCUT2D eigenvalue weighted by Gasteiger charge is 2.30. The molecule has 1 amide bonds. The SMILES string of the molecule is COCCN(C)S(=O)(=O)c1ccc(N(C)C(=O)C(C)(C)F)cc1. The number of benzene rings is 1. The molecule has 1 rings (SSSR count). The Balaban J connectivity index is 2.98. The van der Waals surface area contributed by atoms with E-state index in [0.717, 1.165) is 4.90 Å². The molecule has 6 nitrogen and oxygen atoms in total. The summed E-state index contributed by atoms with van der Waals surface area (Å²) in [5, 5.41) is 0. The van der Waals surface area contributed by atoms with Crippen LogP contribution in [-0.2, 0) is 19.6 Å². The number of halogens is 1. The number of rotatable bonds is 7. The molecular formula is C15H23FN2O4S. The van der Waals surface area contributed by atoms with Gasteiger partial charge in [0.05, 0.1) is 11.5 Å². The van der Waals surface area contributed by atoms with Crippen molar-refractivity contribution < 1.29 is 22.3 Å². The quantitative estimate of drug-likeness (QED) is 0.753. The summed E-state index contributed by atoms with van der Waals surface area (Å²) in [6.45, 7) is 2.87. The van der Waals surface area contributed by atoms with Crippen LogP contribution in [0.4, 0.5) is 10.1 Å². The average molecular weight is 346 g/mol. The number of amides is 1. The third-order valence-corrected chi connectivity index (χ3v) is 5.23. The predicted molar refractivity (Wildman–Crippen MR) is 86.7 cm³/mol. The number of carbonyl (C=O) groups is 1. The minimum atomic E-state index is -3.63. The second-order valence-corrected chi connectivity index (χ2v) is 7.69. The number of hydrogen-bond donors (Lipinski definition) is 0. The number of sulfonamides is 1. The largest absolute Gasteiger partial charge is 0.383 e. The molecule has 0 heterocycles. The number of methoxy groups -OCH3 is 1. The molecule has 23 heavy (non-hydrogen) atoms. The maximum absolute atomic E-state index is 13.7. The van der Waals surface area contributed by atoms with Crippen molar-refractivity contribution in [2.24, 2.45) is 0 Å². The number of likely N-dealkylation sites (N-methyl/N-ethyl adjacent to an activating group) is 1. The normalized spacial score (nSPS) is 12.5. The van der Waals surface area contributed by atoms with Crippen LogP contribution in [0, 0.1) is 0 Å². The zero-order chi connectivity index (χ0) is 17.8. The van der Waals surface area contributed by atoms with E-state index in [9.17, 15) is 17.6 Å². The Bertz CT molecular complexity index is 638. The topological polar surface area (TPSA) is 66.9 Å². The highest BCUT2D eigenvalue weighted by atomic mass is 32.2. The van der Waals surface area contributed by atoms with E-state index in [2.05, 4.69) is 0 Å². The van der Waals surface area contributed by atoms with Crippen LogP contribution in [0.3, 0.4) is 0 Å². The van der Waals surface area contributed by atoms with Gasteiger partial charge in [0.25, 0.3) is 5.91 Å². The second-order valence-electron chi connectivity index (χ2n) is 5.65. The third-order valence-electron chi connectivity index (χ3n) is 3.36. The number of hydrogen-bond acceptors (Lipinski definition) is 4. The van der Waals surface area contributed by atoms with E-state index in [1.54, 1.807) is 0 Å². The Labute approximate surface area is 136 Å². The van der Waals surface area contributed by atoms with Crippen molar-refractivity contribution >= 4 is 21.6 Å². The molecule has 1 aromatic rings. The first-order valence-corrected chi connectivity index (χ1v) is 8.48. The molecule has 0 aromatic heterocycles. The summed E-state index contributed by atoms with van der Waals surface area (Å²) in [5.41, 5.74) is -1.58. The average Bonchev–Trinajstić information content (AvgIpc) is 2.50. The number of carbonyl (C=O) groups excluding carboxylic acids is 1. The van der Waals surface area contributed by atoms with Crippen LogP contribution in [0.5, 0.6) is 0 Å². The Morgan fingerprint density at radius 3 is 2.17 bits per heavy atom. The first-order valence-electron chi connectivity index (χ1n) is 7.04. The standard InChI is InChI=1S/C15H23FN2O4S/c1-15(2,16)14(19)18(4)12-6-8-13(9-7-12)23(20,21)17(3)10-11-22-5/h6-9H,10-11H2,1-5H3. The Morgan fingerprint density at radius 2 is 1.74 bits per heavy atom. The summed E-state index contributed by atoms with van der Waals surface area (Å²) >= 11 is 0. The van der Waals surface area contributed by atoms with Crippen LogP contribution < -0.4 is 4.90 Å². The summed E-state index contributed by atoms with van der Waals surface area (Å²) in [7, 11) is 0.772. The molecule has 0 unspecified atom stereocenters. The summed E-state index contributed by atoms with van der Waals surface area (Å²) in [5.74, 6) is -0.703. The fourth-order valence-corrected chi connectivity index (χ4v) is 3.03. The van der Waals surface area contributed by atoms with Crippen LogP contribution in [0.2, 0.25) is 0 Å². The molecule has 0 aliphatic heterocycles. The van der Waals surface area contributed by atoms with Gasteiger partial charge in [-0.25, -0.2) is 12.8 Å². The van der Waals surface area contributed by atoms with Gasteiger partial charge < -0.3 is 9.64 Å². The highest BCUT2D eigenvalue weighted by Crippen LogP contribution is 2.22. The molecule has 0 aliphatic rings. The molecule has 0 saturated heterocycles. The molecule has 8 heteroatoms. The number of anilines is 1. The van der Waals surface area contributed by atoms with E-state index in [1.165, 1.54) is 63.6 Å². The van der Waals surface area contributed by atoms with E-state index in [1.807, 2.05) is 0 Å². The monoisotopic (exact) mass is 346 g/mol. The Morgan fingerprint density at radius 1 is 1.22 bits per heavy atom. The van der Waals surface area contributed by atoms with Crippen molar-refractivity contribution in [1.29, 1.82) is 0 Å². The summed E-state index contributed by atoms with van der Waals surface area (Å²) < 4.78 is 44.4. The highest BCUT2D eigenvalue weighted by molar-refractivity contribution is 7.89. The molecule has 1 aromatic carbocycles. The maximum Gasteiger partial charge on any atom is 0.263 e. The van der Waals surface area contributed by atoms with Crippen molar-refractivity contribution in [3.8, 4) is 0 Å². The van der Waals surface area contributed by atoms with E-state index < -0.39 is 21.6 Å². The Kier molecular flexibility index (Phi) is 6.26. The second kappa shape index (κ2) is 7.37. The zero-order valence-electron chi connectivity index (χ0n) is 14.0. The molecule has 0 spiro atoms. The van der Waals surface area contributed by atoms with Gasteiger partial charge in [-0.3, -0.25) is 4.79 Å². The van der Waals surface area contributed by atoms with E-state index >= 15 is 0 Å². The van der Waals surface area contributed by atoms with Gasteiger partial charge in [-0.2, -0.15) is 4.31 Å². The van der Waals surface area contributed by atoms with Gasteiger partial charge in [0.1, 0.15) is 0 Å². The van der Waals surface area contributed by atoms with Crippen LogP contribution in [0.1, 0.15) is 13.8 Å². The predicted octanol–water partition coefficient (Wildman–Crippen LogP) is 1.66. The molecule has 0 N–H and O–H groups in total. The van der Waals surface area contributed by atoms with E-state index in [4.69, 9.17) is 4.74 Å². The van der Waals surface area contributed by atoms with Gasteiger partial charge >= 0.3 is 0 Å². The molecule has 0 atom stereocenters. The maximum atomic E-state index is 13.7. The number of alkyl halides is 1. The molecule has 0 bridgehead atoms. The van der Waals surface area contributed by atoms with Gasteiger partial charge in [-0.05, 0) is 38.1 Å². The minimum Gasteiger partial charge on any atom is -0.383 e. The summed E-state index contributed by atoms with van der Waals surface area (Å²) in [6.07, 6.45) is 0. The van der Waals surface area contributed by atoms with Gasteiger partial charge in [0.15, 0.2) is 5.67 Å². The minimum absolute atomic E-state index is 0.0974. The molecular weight excluding hydrogens is 323 g/mol. The Hall–Kier alpha value is -1.51. The van der Waals surface area contributed by atoms with Crippen molar-refractivity contribution in [2.75, 3.05) is 39.3 Å². The summed E-state index contributed by atoms with van der Waals surface area (Å²) in [6, 6.07) is 5.73. The molecule has 130 valence electrons. The molecule has 0 radical (unpaired) electrons.